The quantitative estimate of drug-likeness (QED) is 0.421. The number of fused-ring (bicyclic) bond motifs is 1. The number of para-hydroxylation sites is 1. The van der Waals surface area contributed by atoms with Crippen LogP contribution in [0.4, 0.5) is 15.8 Å². The molecule has 0 radical (unpaired) electrons. The zero-order valence-electron chi connectivity index (χ0n) is 17.0. The van der Waals surface area contributed by atoms with E-state index in [2.05, 4.69) is 5.32 Å². The molecule has 158 valence electrons. The van der Waals surface area contributed by atoms with Crippen molar-refractivity contribution < 1.29 is 14.0 Å². The third kappa shape index (κ3) is 3.74. The molecule has 2 amide bonds. The van der Waals surface area contributed by atoms with Gasteiger partial charge in [-0.3, -0.25) is 14.5 Å². The maximum Gasteiger partial charge on any atom is 0.256 e. The molecule has 1 aliphatic heterocycles. The topological polar surface area (TPSA) is 49.4 Å². The summed E-state index contributed by atoms with van der Waals surface area (Å²) >= 11 is 1.46. The highest BCUT2D eigenvalue weighted by molar-refractivity contribution is 8.00. The van der Waals surface area contributed by atoms with Gasteiger partial charge in [0.05, 0.1) is 11.4 Å². The summed E-state index contributed by atoms with van der Waals surface area (Å²) in [6.45, 7) is 0. The van der Waals surface area contributed by atoms with Gasteiger partial charge in [0.1, 0.15) is 11.2 Å². The predicted octanol–water partition coefficient (Wildman–Crippen LogP) is 6.01. The van der Waals surface area contributed by atoms with E-state index in [9.17, 15) is 14.0 Å². The molecule has 1 aliphatic rings. The van der Waals surface area contributed by atoms with Crippen molar-refractivity contribution in [1.82, 2.24) is 0 Å². The lowest BCUT2D eigenvalue weighted by molar-refractivity contribution is -0.115. The Balaban J connectivity index is 1.38. The summed E-state index contributed by atoms with van der Waals surface area (Å²) in [5.41, 5.74) is 2.40. The minimum absolute atomic E-state index is 0.126. The highest BCUT2D eigenvalue weighted by Gasteiger charge is 2.35. The molecule has 32 heavy (non-hydrogen) atoms. The Morgan fingerprint density at radius 2 is 1.62 bits per heavy atom. The maximum absolute atomic E-state index is 14.3. The molecule has 1 heterocycles. The van der Waals surface area contributed by atoms with Crippen molar-refractivity contribution in [3.05, 3.63) is 108 Å². The van der Waals surface area contributed by atoms with Crippen LogP contribution in [0.15, 0.2) is 91.0 Å². The lowest BCUT2D eigenvalue weighted by atomic mass is 10.0. The van der Waals surface area contributed by atoms with Gasteiger partial charge in [-0.2, -0.15) is 0 Å². The molecule has 1 saturated heterocycles. The third-order valence-electron chi connectivity index (χ3n) is 5.47. The van der Waals surface area contributed by atoms with Crippen LogP contribution in [0, 0.1) is 5.82 Å². The summed E-state index contributed by atoms with van der Waals surface area (Å²) in [5, 5.41) is 4.53. The zero-order valence-corrected chi connectivity index (χ0v) is 17.8. The zero-order chi connectivity index (χ0) is 22.1. The monoisotopic (exact) mass is 442 g/mol. The molecule has 6 heteroatoms. The SMILES string of the molecule is O=C(Nc1ccc(C2SCC(=O)N2c2ccccc2F)cc1)c1cccc2ccccc12. The molecule has 4 nitrogen and oxygen atoms in total. The Morgan fingerprint density at radius 3 is 2.44 bits per heavy atom. The smallest absolute Gasteiger partial charge is 0.256 e. The van der Waals surface area contributed by atoms with Gasteiger partial charge in [0.15, 0.2) is 0 Å². The number of hydrogen-bond acceptors (Lipinski definition) is 3. The summed E-state index contributed by atoms with van der Waals surface area (Å²) in [6.07, 6.45) is 0. The fourth-order valence-corrected chi connectivity index (χ4v) is 5.10. The van der Waals surface area contributed by atoms with Crippen molar-refractivity contribution in [3.63, 3.8) is 0 Å². The first kappa shape index (κ1) is 20.3. The van der Waals surface area contributed by atoms with Gasteiger partial charge in [0.25, 0.3) is 5.91 Å². The van der Waals surface area contributed by atoms with Gasteiger partial charge < -0.3 is 5.32 Å². The van der Waals surface area contributed by atoms with Gasteiger partial charge in [-0.15, -0.1) is 11.8 Å². The van der Waals surface area contributed by atoms with Gasteiger partial charge in [0.2, 0.25) is 5.91 Å². The largest absolute Gasteiger partial charge is 0.322 e. The van der Waals surface area contributed by atoms with Crippen LogP contribution in [-0.2, 0) is 4.79 Å². The Bertz CT molecular complexity index is 1320. The molecule has 0 bridgehead atoms. The minimum atomic E-state index is -0.424. The van der Waals surface area contributed by atoms with E-state index < -0.39 is 5.82 Å². The molecule has 0 spiro atoms. The molecule has 0 saturated carbocycles. The number of halogens is 1. The molecule has 5 rings (SSSR count). The van der Waals surface area contributed by atoms with Gasteiger partial charge in [-0.25, -0.2) is 4.39 Å². The average Bonchev–Trinajstić information content (AvgIpc) is 3.20. The van der Waals surface area contributed by atoms with Gasteiger partial charge in [-0.1, -0.05) is 60.7 Å². The standard InChI is InChI=1S/C26H19FN2O2S/c27-22-10-3-4-11-23(22)29-24(30)16-32-26(29)18-12-14-19(15-13-18)28-25(31)21-9-5-7-17-6-1-2-8-20(17)21/h1-15,26H,16H2,(H,28,31). The van der Waals surface area contributed by atoms with E-state index in [-0.39, 0.29) is 22.9 Å². The second kappa shape index (κ2) is 8.48. The van der Waals surface area contributed by atoms with Crippen LogP contribution < -0.4 is 10.2 Å². The van der Waals surface area contributed by atoms with Crippen LogP contribution in [0.2, 0.25) is 0 Å². The Kier molecular flexibility index (Phi) is 5.37. The number of carbonyl (C=O) groups is 2. The maximum atomic E-state index is 14.3. The van der Waals surface area contributed by atoms with Crippen LogP contribution in [0.3, 0.4) is 0 Å². The number of hydrogen-bond donors (Lipinski definition) is 1. The number of nitrogens with one attached hydrogen (secondary N) is 1. The van der Waals surface area contributed by atoms with Crippen molar-refractivity contribution in [2.45, 2.75) is 5.37 Å². The second-order valence-electron chi connectivity index (χ2n) is 7.48. The molecule has 1 N–H and O–H groups in total. The van der Waals surface area contributed by atoms with E-state index in [1.165, 1.54) is 22.7 Å². The van der Waals surface area contributed by atoms with Crippen molar-refractivity contribution in [2.75, 3.05) is 16.0 Å². The molecule has 1 atom stereocenters. The summed E-state index contributed by atoms with van der Waals surface area (Å²) < 4.78 is 14.3. The molecular weight excluding hydrogens is 423 g/mol. The number of carbonyl (C=O) groups excluding carboxylic acids is 2. The van der Waals surface area contributed by atoms with E-state index in [4.69, 9.17) is 0 Å². The van der Waals surface area contributed by atoms with Crippen molar-refractivity contribution in [1.29, 1.82) is 0 Å². The number of benzene rings is 4. The lowest BCUT2D eigenvalue weighted by Crippen LogP contribution is -2.28. The van der Waals surface area contributed by atoms with Gasteiger partial charge in [0, 0.05) is 11.3 Å². The second-order valence-corrected chi connectivity index (χ2v) is 8.55. The number of rotatable bonds is 4. The Morgan fingerprint density at radius 1 is 0.906 bits per heavy atom. The number of nitrogens with zero attached hydrogens (tertiary/aromatic N) is 1. The van der Waals surface area contributed by atoms with Crippen LogP contribution in [0.5, 0.6) is 0 Å². The van der Waals surface area contributed by atoms with Crippen molar-refractivity contribution in [3.8, 4) is 0 Å². The number of thioether (sulfide) groups is 1. The molecule has 0 aliphatic carbocycles. The summed E-state index contributed by atoms with van der Waals surface area (Å²) in [7, 11) is 0. The highest BCUT2D eigenvalue weighted by Crippen LogP contribution is 2.42. The van der Waals surface area contributed by atoms with E-state index in [1.54, 1.807) is 36.4 Å². The first-order valence-corrected chi connectivity index (χ1v) is 11.2. The fraction of sp³-hybridized carbons (Fsp3) is 0.0769. The summed E-state index contributed by atoms with van der Waals surface area (Å²) in [5.74, 6) is -0.447. The van der Waals surface area contributed by atoms with Crippen LogP contribution >= 0.6 is 11.8 Å². The predicted molar refractivity (Wildman–Crippen MR) is 127 cm³/mol. The van der Waals surface area contributed by atoms with Gasteiger partial charge in [-0.05, 0) is 46.7 Å². The Labute approximate surface area is 189 Å². The highest BCUT2D eigenvalue weighted by atomic mass is 32.2. The molecule has 1 unspecified atom stereocenters. The number of amides is 2. The molecule has 4 aromatic carbocycles. The average molecular weight is 443 g/mol. The van der Waals surface area contributed by atoms with Gasteiger partial charge >= 0.3 is 0 Å². The third-order valence-corrected chi connectivity index (χ3v) is 6.68. The molecular formula is C26H19FN2O2S. The molecule has 4 aromatic rings. The van der Waals surface area contributed by atoms with Crippen LogP contribution in [-0.4, -0.2) is 17.6 Å². The summed E-state index contributed by atoms with van der Waals surface area (Å²) in [4.78, 5) is 26.8. The minimum Gasteiger partial charge on any atom is -0.322 e. The summed E-state index contributed by atoms with van der Waals surface area (Å²) in [6, 6.07) is 27.0. The number of anilines is 2. The van der Waals surface area contributed by atoms with Crippen molar-refractivity contribution in [2.24, 2.45) is 0 Å². The first-order valence-electron chi connectivity index (χ1n) is 10.2. The van der Waals surface area contributed by atoms with Crippen molar-refractivity contribution >= 4 is 45.7 Å². The molecule has 1 fully saturated rings. The lowest BCUT2D eigenvalue weighted by Gasteiger charge is -2.24. The van der Waals surface area contributed by atoms with E-state index >= 15 is 0 Å². The normalized spacial score (nSPS) is 15.8. The molecule has 0 aromatic heterocycles. The van der Waals surface area contributed by atoms with E-state index in [0.29, 0.717) is 17.0 Å². The fourth-order valence-electron chi connectivity index (χ4n) is 3.93. The van der Waals surface area contributed by atoms with Crippen LogP contribution in [0.1, 0.15) is 21.3 Å². The van der Waals surface area contributed by atoms with E-state index in [0.717, 1.165) is 16.3 Å². The Hall–Kier alpha value is -3.64. The van der Waals surface area contributed by atoms with Crippen LogP contribution in [0.25, 0.3) is 10.8 Å². The van der Waals surface area contributed by atoms with E-state index in [1.807, 2.05) is 48.5 Å². The first-order chi connectivity index (χ1) is 15.6.